The number of benzene rings is 2. The van der Waals surface area contributed by atoms with E-state index in [1.54, 1.807) is 24.0 Å². The second-order valence-electron chi connectivity index (χ2n) is 7.38. The molecule has 0 spiro atoms. The van der Waals surface area contributed by atoms with E-state index >= 15 is 0 Å². The van der Waals surface area contributed by atoms with Crippen LogP contribution in [0.1, 0.15) is 44.2 Å². The van der Waals surface area contributed by atoms with Gasteiger partial charge in [-0.2, -0.15) is 0 Å². The van der Waals surface area contributed by atoms with Gasteiger partial charge in [0.25, 0.3) is 0 Å². The standard InChI is InChI=1S/C24H31FN2O3/c1-4-15-26-24(29)19(3)27(17-20-9-11-21(25)12-10-20)23(28)6-5-16-30-22-13-7-18(2)8-14-22/h7-14,19H,4-6,15-17H2,1-3H3,(H,26,29)/t19-/m0/s1. The fourth-order valence-electron chi connectivity index (χ4n) is 2.96. The van der Waals surface area contributed by atoms with Gasteiger partial charge in [0, 0.05) is 19.5 Å². The monoisotopic (exact) mass is 414 g/mol. The highest BCUT2D eigenvalue weighted by atomic mass is 19.1. The Morgan fingerprint density at radius 3 is 2.40 bits per heavy atom. The zero-order chi connectivity index (χ0) is 21.9. The molecule has 5 nitrogen and oxygen atoms in total. The van der Waals surface area contributed by atoms with Gasteiger partial charge in [-0.15, -0.1) is 0 Å². The van der Waals surface area contributed by atoms with Gasteiger partial charge in [-0.05, 0) is 56.5 Å². The van der Waals surface area contributed by atoms with Gasteiger partial charge in [0.05, 0.1) is 6.61 Å². The minimum absolute atomic E-state index is 0.133. The zero-order valence-corrected chi connectivity index (χ0v) is 18.0. The summed E-state index contributed by atoms with van der Waals surface area (Å²) in [6, 6.07) is 13.1. The molecule has 2 aromatic rings. The van der Waals surface area contributed by atoms with Crippen molar-refractivity contribution in [2.75, 3.05) is 13.2 Å². The number of nitrogens with one attached hydrogen (secondary N) is 1. The SMILES string of the molecule is CCCNC(=O)[C@H](C)N(Cc1ccc(F)cc1)C(=O)CCCOc1ccc(C)cc1. The van der Waals surface area contributed by atoms with Gasteiger partial charge < -0.3 is 15.0 Å². The number of nitrogens with zero attached hydrogens (tertiary/aromatic N) is 1. The first-order valence-electron chi connectivity index (χ1n) is 10.4. The second kappa shape index (κ2) is 12.0. The van der Waals surface area contributed by atoms with E-state index in [1.807, 2.05) is 38.1 Å². The quantitative estimate of drug-likeness (QED) is 0.560. The van der Waals surface area contributed by atoms with Crippen LogP contribution in [0.25, 0.3) is 0 Å². The normalized spacial score (nSPS) is 11.6. The first-order valence-corrected chi connectivity index (χ1v) is 10.4. The maximum atomic E-state index is 13.2. The lowest BCUT2D eigenvalue weighted by molar-refractivity contribution is -0.140. The van der Waals surface area contributed by atoms with Crippen LogP contribution in [0.15, 0.2) is 48.5 Å². The van der Waals surface area contributed by atoms with Gasteiger partial charge in [-0.25, -0.2) is 4.39 Å². The van der Waals surface area contributed by atoms with Crippen LogP contribution in [-0.2, 0) is 16.1 Å². The Labute approximate surface area is 178 Å². The highest BCUT2D eigenvalue weighted by molar-refractivity contribution is 5.87. The largest absolute Gasteiger partial charge is 0.494 e. The second-order valence-corrected chi connectivity index (χ2v) is 7.38. The molecule has 1 N–H and O–H groups in total. The summed E-state index contributed by atoms with van der Waals surface area (Å²) in [4.78, 5) is 26.9. The summed E-state index contributed by atoms with van der Waals surface area (Å²) >= 11 is 0. The van der Waals surface area contributed by atoms with Gasteiger partial charge in [-0.1, -0.05) is 36.8 Å². The molecule has 0 heterocycles. The summed E-state index contributed by atoms with van der Waals surface area (Å²) in [5.74, 6) is 0.108. The first kappa shape index (κ1) is 23.4. The molecule has 0 aliphatic heterocycles. The van der Waals surface area contributed by atoms with Crippen molar-refractivity contribution in [2.24, 2.45) is 0 Å². The van der Waals surface area contributed by atoms with Crippen LogP contribution in [-0.4, -0.2) is 35.9 Å². The number of hydrogen-bond acceptors (Lipinski definition) is 3. The number of aryl methyl sites for hydroxylation is 1. The Morgan fingerprint density at radius 2 is 1.77 bits per heavy atom. The predicted octanol–water partition coefficient (Wildman–Crippen LogP) is 4.24. The van der Waals surface area contributed by atoms with Gasteiger partial charge in [0.15, 0.2) is 0 Å². The highest BCUT2D eigenvalue weighted by Gasteiger charge is 2.25. The number of halogens is 1. The highest BCUT2D eigenvalue weighted by Crippen LogP contribution is 2.14. The predicted molar refractivity (Wildman–Crippen MR) is 116 cm³/mol. The van der Waals surface area contributed by atoms with E-state index in [0.29, 0.717) is 19.6 Å². The van der Waals surface area contributed by atoms with E-state index in [-0.39, 0.29) is 30.6 Å². The molecule has 2 amide bonds. The van der Waals surface area contributed by atoms with Gasteiger partial charge in [0.1, 0.15) is 17.6 Å². The summed E-state index contributed by atoms with van der Waals surface area (Å²) in [5, 5.41) is 2.84. The molecule has 0 fully saturated rings. The Morgan fingerprint density at radius 1 is 1.10 bits per heavy atom. The van der Waals surface area contributed by atoms with E-state index in [0.717, 1.165) is 23.3 Å². The lowest BCUT2D eigenvalue weighted by Gasteiger charge is -2.29. The summed E-state index contributed by atoms with van der Waals surface area (Å²) in [6.45, 7) is 6.92. The molecule has 0 aliphatic rings. The van der Waals surface area contributed by atoms with Crippen LogP contribution in [0.3, 0.4) is 0 Å². The maximum absolute atomic E-state index is 13.2. The van der Waals surface area contributed by atoms with Crippen molar-refractivity contribution in [3.8, 4) is 5.75 Å². The topological polar surface area (TPSA) is 58.6 Å². The zero-order valence-electron chi connectivity index (χ0n) is 18.0. The van der Waals surface area contributed by atoms with Crippen molar-refractivity contribution in [1.82, 2.24) is 10.2 Å². The van der Waals surface area contributed by atoms with Crippen LogP contribution < -0.4 is 10.1 Å². The molecule has 30 heavy (non-hydrogen) atoms. The van der Waals surface area contributed by atoms with Crippen molar-refractivity contribution in [1.29, 1.82) is 0 Å². The van der Waals surface area contributed by atoms with Crippen LogP contribution >= 0.6 is 0 Å². The molecule has 2 rings (SSSR count). The molecular formula is C24H31FN2O3. The summed E-state index contributed by atoms with van der Waals surface area (Å²) < 4.78 is 18.9. The fraction of sp³-hybridized carbons (Fsp3) is 0.417. The molecule has 162 valence electrons. The van der Waals surface area contributed by atoms with Crippen molar-refractivity contribution in [3.05, 3.63) is 65.5 Å². The number of ether oxygens (including phenoxy) is 1. The lowest BCUT2D eigenvalue weighted by atomic mass is 10.1. The van der Waals surface area contributed by atoms with Crippen LogP contribution in [0.5, 0.6) is 5.75 Å². The third-order valence-electron chi connectivity index (χ3n) is 4.81. The third-order valence-corrected chi connectivity index (χ3v) is 4.81. The minimum Gasteiger partial charge on any atom is -0.494 e. The number of hydrogen-bond donors (Lipinski definition) is 1. The van der Waals surface area contributed by atoms with Crippen molar-refractivity contribution < 1.29 is 18.7 Å². The molecule has 0 bridgehead atoms. The molecule has 2 aromatic carbocycles. The lowest BCUT2D eigenvalue weighted by Crippen LogP contribution is -2.47. The Bertz CT molecular complexity index is 806. The van der Waals surface area contributed by atoms with E-state index in [1.165, 1.54) is 12.1 Å². The minimum atomic E-state index is -0.618. The van der Waals surface area contributed by atoms with Crippen LogP contribution in [0.4, 0.5) is 4.39 Å². The number of rotatable bonds is 11. The molecule has 1 atom stereocenters. The number of amides is 2. The maximum Gasteiger partial charge on any atom is 0.242 e. The average Bonchev–Trinajstić information content (AvgIpc) is 2.75. The summed E-state index contributed by atoms with van der Waals surface area (Å²) in [5.41, 5.74) is 1.93. The van der Waals surface area contributed by atoms with Crippen LogP contribution in [0, 0.1) is 12.7 Å². The van der Waals surface area contributed by atoms with Gasteiger partial charge in [-0.3, -0.25) is 9.59 Å². The van der Waals surface area contributed by atoms with Crippen LogP contribution in [0.2, 0.25) is 0 Å². The molecular weight excluding hydrogens is 383 g/mol. The Kier molecular flexibility index (Phi) is 9.32. The molecule has 0 saturated heterocycles. The molecule has 0 saturated carbocycles. The number of carbonyl (C=O) groups is 2. The van der Waals surface area contributed by atoms with Crippen molar-refractivity contribution >= 4 is 11.8 Å². The van der Waals surface area contributed by atoms with Crippen molar-refractivity contribution in [2.45, 2.75) is 52.6 Å². The molecule has 0 aromatic heterocycles. The van der Waals surface area contributed by atoms with Gasteiger partial charge >= 0.3 is 0 Å². The third kappa shape index (κ3) is 7.50. The summed E-state index contributed by atoms with van der Waals surface area (Å²) in [7, 11) is 0. The molecule has 6 heteroatoms. The molecule has 0 radical (unpaired) electrons. The smallest absolute Gasteiger partial charge is 0.242 e. The van der Waals surface area contributed by atoms with E-state index in [4.69, 9.17) is 4.74 Å². The summed E-state index contributed by atoms with van der Waals surface area (Å²) in [6.07, 6.45) is 1.62. The van der Waals surface area contributed by atoms with Gasteiger partial charge in [0.2, 0.25) is 11.8 Å². The molecule has 0 aliphatic carbocycles. The number of carbonyl (C=O) groups excluding carboxylic acids is 2. The Hall–Kier alpha value is -2.89. The van der Waals surface area contributed by atoms with E-state index in [9.17, 15) is 14.0 Å². The van der Waals surface area contributed by atoms with E-state index in [2.05, 4.69) is 5.32 Å². The Balaban J connectivity index is 1.96. The average molecular weight is 415 g/mol. The molecule has 0 unspecified atom stereocenters. The van der Waals surface area contributed by atoms with E-state index < -0.39 is 6.04 Å². The first-order chi connectivity index (χ1) is 14.4. The fourth-order valence-corrected chi connectivity index (χ4v) is 2.96. The van der Waals surface area contributed by atoms with Crippen molar-refractivity contribution in [3.63, 3.8) is 0 Å².